The lowest BCUT2D eigenvalue weighted by molar-refractivity contribution is -0.129. The standard InChI is InChI=1S/C6H8N2O2/c1-3-4-7-8-5(2)6(9)10/h1,7H,4H2,2H3,(H,9,10). The Morgan fingerprint density at radius 1 is 1.90 bits per heavy atom. The third-order valence-corrected chi connectivity index (χ3v) is 0.737. The first-order valence-corrected chi connectivity index (χ1v) is 2.62. The van der Waals surface area contributed by atoms with Crippen LogP contribution >= 0.6 is 0 Å². The van der Waals surface area contributed by atoms with Crippen LogP contribution in [0.25, 0.3) is 0 Å². The zero-order valence-electron chi connectivity index (χ0n) is 5.59. The topological polar surface area (TPSA) is 61.7 Å². The summed E-state index contributed by atoms with van der Waals surface area (Å²) in [4.78, 5) is 10.1. The molecule has 10 heavy (non-hydrogen) atoms. The molecular formula is C6H8N2O2. The number of carbonyl (C=O) groups is 1. The molecule has 0 rings (SSSR count). The largest absolute Gasteiger partial charge is 0.477 e. The van der Waals surface area contributed by atoms with Crippen molar-refractivity contribution in [3.8, 4) is 12.3 Å². The number of aliphatic carboxylic acids is 1. The van der Waals surface area contributed by atoms with Crippen LogP contribution in [0.2, 0.25) is 0 Å². The second-order valence-electron chi connectivity index (χ2n) is 1.54. The number of hydrogen-bond donors (Lipinski definition) is 2. The van der Waals surface area contributed by atoms with E-state index in [1.807, 2.05) is 0 Å². The molecule has 0 aliphatic carbocycles. The second kappa shape index (κ2) is 4.39. The molecule has 0 fully saturated rings. The smallest absolute Gasteiger partial charge is 0.351 e. The summed E-state index contributed by atoms with van der Waals surface area (Å²) in [6, 6.07) is 0. The predicted molar refractivity (Wildman–Crippen MR) is 37.6 cm³/mol. The predicted octanol–water partition coefficient (Wildman–Crippen LogP) is -0.330. The van der Waals surface area contributed by atoms with Gasteiger partial charge in [0.1, 0.15) is 5.71 Å². The Hall–Kier alpha value is -1.50. The van der Waals surface area contributed by atoms with Crippen molar-refractivity contribution in [1.29, 1.82) is 0 Å². The summed E-state index contributed by atoms with van der Waals surface area (Å²) < 4.78 is 0. The number of carboxylic acids is 1. The molecule has 0 unspecified atom stereocenters. The average molecular weight is 140 g/mol. The van der Waals surface area contributed by atoms with Crippen LogP contribution in [-0.2, 0) is 4.79 Å². The van der Waals surface area contributed by atoms with Crippen LogP contribution < -0.4 is 5.43 Å². The summed E-state index contributed by atoms with van der Waals surface area (Å²) in [6.45, 7) is 1.62. The van der Waals surface area contributed by atoms with E-state index in [0.717, 1.165) is 0 Å². The van der Waals surface area contributed by atoms with Crippen molar-refractivity contribution in [1.82, 2.24) is 5.43 Å². The lowest BCUT2D eigenvalue weighted by Gasteiger charge is -1.92. The van der Waals surface area contributed by atoms with Crippen LogP contribution in [0.3, 0.4) is 0 Å². The molecule has 0 bridgehead atoms. The average Bonchev–Trinajstić information content (AvgIpc) is 1.88. The lowest BCUT2D eigenvalue weighted by Crippen LogP contribution is -2.15. The van der Waals surface area contributed by atoms with E-state index in [4.69, 9.17) is 11.5 Å². The fourth-order valence-electron chi connectivity index (χ4n) is 0.252. The molecule has 4 heteroatoms. The van der Waals surface area contributed by atoms with Crippen LogP contribution in [0, 0.1) is 12.3 Å². The third-order valence-electron chi connectivity index (χ3n) is 0.737. The van der Waals surface area contributed by atoms with Crippen molar-refractivity contribution in [3.05, 3.63) is 0 Å². The first-order valence-electron chi connectivity index (χ1n) is 2.62. The molecule has 0 amide bonds. The molecule has 0 aromatic heterocycles. The number of nitrogens with one attached hydrogen (secondary N) is 1. The van der Waals surface area contributed by atoms with Crippen LogP contribution in [0.4, 0.5) is 0 Å². The molecule has 0 spiro atoms. The van der Waals surface area contributed by atoms with Gasteiger partial charge in [0.2, 0.25) is 0 Å². The summed E-state index contributed by atoms with van der Waals surface area (Å²) in [5.41, 5.74) is 2.38. The first-order chi connectivity index (χ1) is 4.68. The van der Waals surface area contributed by atoms with Gasteiger partial charge in [-0.05, 0) is 6.92 Å². The van der Waals surface area contributed by atoms with E-state index in [0.29, 0.717) is 0 Å². The normalized spacial score (nSPS) is 10.2. The van der Waals surface area contributed by atoms with Gasteiger partial charge < -0.3 is 5.11 Å². The molecule has 0 aromatic rings. The van der Waals surface area contributed by atoms with E-state index in [1.54, 1.807) is 0 Å². The Morgan fingerprint density at radius 3 is 2.90 bits per heavy atom. The van der Waals surface area contributed by atoms with Crippen LogP contribution in [0.5, 0.6) is 0 Å². The van der Waals surface area contributed by atoms with Crippen LogP contribution in [0.15, 0.2) is 5.10 Å². The van der Waals surface area contributed by atoms with Crippen molar-refractivity contribution in [3.63, 3.8) is 0 Å². The Kier molecular flexibility index (Phi) is 3.73. The van der Waals surface area contributed by atoms with Crippen molar-refractivity contribution in [2.45, 2.75) is 6.92 Å². The summed E-state index contributed by atoms with van der Waals surface area (Å²) >= 11 is 0. The van der Waals surface area contributed by atoms with Crippen molar-refractivity contribution < 1.29 is 9.90 Å². The van der Waals surface area contributed by atoms with E-state index in [1.165, 1.54) is 6.92 Å². The number of rotatable bonds is 3. The maximum atomic E-state index is 10.1. The molecule has 0 saturated carbocycles. The van der Waals surface area contributed by atoms with Gasteiger partial charge in [0, 0.05) is 0 Å². The fraction of sp³-hybridized carbons (Fsp3) is 0.333. The number of terminal acetylenes is 1. The Balaban J connectivity index is 3.72. The monoisotopic (exact) mass is 140 g/mol. The molecule has 4 nitrogen and oxygen atoms in total. The molecule has 0 aliphatic heterocycles. The summed E-state index contributed by atoms with van der Waals surface area (Å²) in [5.74, 6) is 1.20. The van der Waals surface area contributed by atoms with Gasteiger partial charge in [-0.15, -0.1) is 6.42 Å². The van der Waals surface area contributed by atoms with Crippen LogP contribution in [0.1, 0.15) is 6.92 Å². The highest BCUT2D eigenvalue weighted by molar-refractivity contribution is 6.34. The van der Waals surface area contributed by atoms with Gasteiger partial charge in [-0.25, -0.2) is 4.79 Å². The van der Waals surface area contributed by atoms with Gasteiger partial charge in [0.05, 0.1) is 6.54 Å². The van der Waals surface area contributed by atoms with Crippen LogP contribution in [-0.4, -0.2) is 23.3 Å². The molecular weight excluding hydrogens is 132 g/mol. The number of nitrogens with zero attached hydrogens (tertiary/aromatic N) is 1. The van der Waals surface area contributed by atoms with Gasteiger partial charge >= 0.3 is 5.97 Å². The molecule has 0 saturated heterocycles. The van der Waals surface area contributed by atoms with Crippen molar-refractivity contribution in [2.24, 2.45) is 5.10 Å². The third kappa shape index (κ3) is 3.50. The van der Waals surface area contributed by atoms with E-state index in [-0.39, 0.29) is 12.3 Å². The van der Waals surface area contributed by atoms with Crippen molar-refractivity contribution in [2.75, 3.05) is 6.54 Å². The molecule has 0 atom stereocenters. The maximum absolute atomic E-state index is 10.1. The summed E-state index contributed by atoms with van der Waals surface area (Å²) in [6.07, 6.45) is 4.86. The summed E-state index contributed by atoms with van der Waals surface area (Å²) in [7, 11) is 0. The molecule has 0 radical (unpaired) electrons. The molecule has 0 aliphatic rings. The molecule has 0 aromatic carbocycles. The minimum atomic E-state index is -1.05. The Labute approximate surface area is 58.9 Å². The molecule has 0 heterocycles. The second-order valence-corrected chi connectivity index (χ2v) is 1.54. The highest BCUT2D eigenvalue weighted by Crippen LogP contribution is 1.72. The SMILES string of the molecule is C#CCNN=C(C)C(=O)O. The number of carboxylic acid groups (broad SMARTS) is 1. The zero-order valence-corrected chi connectivity index (χ0v) is 5.59. The van der Waals surface area contributed by atoms with Gasteiger partial charge in [0.25, 0.3) is 0 Å². The first kappa shape index (κ1) is 8.50. The number of hydrazone groups is 1. The highest BCUT2D eigenvalue weighted by Gasteiger charge is 1.98. The lowest BCUT2D eigenvalue weighted by atomic mass is 10.4. The number of hydrogen-bond acceptors (Lipinski definition) is 3. The van der Waals surface area contributed by atoms with E-state index < -0.39 is 5.97 Å². The van der Waals surface area contributed by atoms with E-state index in [2.05, 4.69) is 16.4 Å². The molecule has 2 N–H and O–H groups in total. The Bertz CT molecular complexity index is 190. The van der Waals surface area contributed by atoms with Gasteiger partial charge in [-0.2, -0.15) is 5.10 Å². The fourth-order valence-corrected chi connectivity index (χ4v) is 0.252. The maximum Gasteiger partial charge on any atom is 0.351 e. The van der Waals surface area contributed by atoms with Gasteiger partial charge in [-0.1, -0.05) is 5.92 Å². The minimum absolute atomic E-state index is 0.00440. The Morgan fingerprint density at radius 2 is 2.50 bits per heavy atom. The van der Waals surface area contributed by atoms with Gasteiger partial charge in [0.15, 0.2) is 0 Å². The minimum Gasteiger partial charge on any atom is -0.477 e. The highest BCUT2D eigenvalue weighted by atomic mass is 16.4. The van der Waals surface area contributed by atoms with Crippen molar-refractivity contribution >= 4 is 11.7 Å². The zero-order chi connectivity index (χ0) is 7.98. The quantitative estimate of drug-likeness (QED) is 0.244. The molecule has 54 valence electrons. The summed E-state index contributed by atoms with van der Waals surface area (Å²) in [5, 5.41) is 11.7. The van der Waals surface area contributed by atoms with Gasteiger partial charge in [-0.3, -0.25) is 5.43 Å². The van der Waals surface area contributed by atoms with E-state index >= 15 is 0 Å². The van der Waals surface area contributed by atoms with E-state index in [9.17, 15) is 4.79 Å².